The number of nitrogens with zero attached hydrogens (tertiary/aromatic N) is 1. The van der Waals surface area contributed by atoms with Crippen molar-refractivity contribution < 1.29 is 10.0 Å². The predicted octanol–water partition coefficient (Wildman–Crippen LogP) is 2.86. The van der Waals surface area contributed by atoms with Crippen molar-refractivity contribution in [3.8, 4) is 0 Å². The lowest BCUT2D eigenvalue weighted by molar-refractivity contribution is 0.103. The third-order valence-electron chi connectivity index (χ3n) is 2.35. The largest absolute Gasteiger partial charge is 0.409 e. The first-order valence-electron chi connectivity index (χ1n) is 5.24. The lowest BCUT2D eigenvalue weighted by atomic mass is 10.2. The van der Waals surface area contributed by atoms with E-state index in [0.29, 0.717) is 16.1 Å². The number of halogens is 1. The first kappa shape index (κ1) is 13.6. The van der Waals surface area contributed by atoms with E-state index in [2.05, 4.69) is 26.4 Å². The van der Waals surface area contributed by atoms with Gasteiger partial charge in [0, 0.05) is 15.7 Å². The zero-order valence-electron chi connectivity index (χ0n) is 9.63. The highest BCUT2D eigenvalue weighted by molar-refractivity contribution is 9.10. The maximum atomic E-state index is 12.0. The average molecular weight is 340 g/mol. The van der Waals surface area contributed by atoms with E-state index in [1.54, 1.807) is 24.3 Å². The normalized spacial score (nSPS) is 11.3. The van der Waals surface area contributed by atoms with Gasteiger partial charge in [-0.2, -0.15) is 0 Å². The first-order chi connectivity index (χ1) is 9.11. The van der Waals surface area contributed by atoms with Crippen molar-refractivity contribution in [3.05, 3.63) is 50.6 Å². The Hall–Kier alpha value is -1.86. The van der Waals surface area contributed by atoms with Gasteiger partial charge in [0.2, 0.25) is 0 Å². The molecule has 0 aliphatic rings. The van der Waals surface area contributed by atoms with Crippen molar-refractivity contribution in [1.82, 2.24) is 0 Å². The van der Waals surface area contributed by atoms with Gasteiger partial charge in [-0.25, -0.2) is 0 Å². The van der Waals surface area contributed by atoms with Crippen molar-refractivity contribution in [2.24, 2.45) is 10.9 Å². The standard InChI is InChI=1S/C12H10BrN3O2S/c13-9-4-5-19-10(9)12(17)15-8-3-1-2-7(6-8)11(14)16-18/h1-6,18H,(H2,14,16)(H,15,17). The topological polar surface area (TPSA) is 87.7 Å². The summed E-state index contributed by atoms with van der Waals surface area (Å²) >= 11 is 4.65. The SMILES string of the molecule is NC(=NO)c1cccc(NC(=O)c2sccc2Br)c1. The van der Waals surface area contributed by atoms with Crippen LogP contribution in [0, 0.1) is 0 Å². The molecular formula is C12H10BrN3O2S. The average Bonchev–Trinajstić information content (AvgIpc) is 2.84. The molecule has 0 aliphatic carbocycles. The number of carbonyl (C=O) groups excluding carboxylic acids is 1. The number of hydrogen-bond acceptors (Lipinski definition) is 4. The number of nitrogens with one attached hydrogen (secondary N) is 1. The van der Waals surface area contributed by atoms with Gasteiger partial charge in [-0.1, -0.05) is 17.3 Å². The fourth-order valence-corrected chi connectivity index (χ4v) is 2.90. The Morgan fingerprint density at radius 1 is 1.42 bits per heavy atom. The number of carbonyl (C=O) groups is 1. The summed E-state index contributed by atoms with van der Waals surface area (Å²) in [5.74, 6) is -0.216. The summed E-state index contributed by atoms with van der Waals surface area (Å²) in [5.41, 5.74) is 6.61. The minimum atomic E-state index is -0.210. The fourth-order valence-electron chi connectivity index (χ4n) is 1.46. The monoisotopic (exact) mass is 339 g/mol. The molecule has 4 N–H and O–H groups in total. The third kappa shape index (κ3) is 3.12. The van der Waals surface area contributed by atoms with Crippen molar-refractivity contribution in [2.45, 2.75) is 0 Å². The number of benzene rings is 1. The van der Waals surface area contributed by atoms with E-state index < -0.39 is 0 Å². The summed E-state index contributed by atoms with van der Waals surface area (Å²) in [5, 5.41) is 16.1. The number of nitrogens with two attached hydrogens (primary N) is 1. The van der Waals surface area contributed by atoms with Crippen LogP contribution < -0.4 is 11.1 Å². The van der Waals surface area contributed by atoms with E-state index in [9.17, 15) is 4.79 Å². The Morgan fingerprint density at radius 2 is 2.21 bits per heavy atom. The number of amides is 1. The van der Waals surface area contributed by atoms with Crippen LogP contribution >= 0.6 is 27.3 Å². The van der Waals surface area contributed by atoms with E-state index >= 15 is 0 Å². The van der Waals surface area contributed by atoms with Crippen LogP contribution in [0.1, 0.15) is 15.2 Å². The minimum absolute atomic E-state index is 0.00611. The lowest BCUT2D eigenvalue weighted by Gasteiger charge is -2.06. The zero-order chi connectivity index (χ0) is 13.8. The number of hydrogen-bond donors (Lipinski definition) is 3. The molecule has 1 amide bonds. The second-order valence-corrected chi connectivity index (χ2v) is 5.39. The second kappa shape index (κ2) is 5.85. The van der Waals surface area contributed by atoms with Gasteiger partial charge >= 0.3 is 0 Å². The number of thiophene rings is 1. The molecule has 0 unspecified atom stereocenters. The van der Waals surface area contributed by atoms with Crippen LogP contribution in [0.3, 0.4) is 0 Å². The van der Waals surface area contributed by atoms with Crippen molar-refractivity contribution in [3.63, 3.8) is 0 Å². The first-order valence-corrected chi connectivity index (χ1v) is 6.91. The van der Waals surface area contributed by atoms with Gasteiger partial charge in [0.15, 0.2) is 5.84 Å². The quantitative estimate of drug-likeness (QED) is 0.347. The molecule has 0 saturated carbocycles. The predicted molar refractivity (Wildman–Crippen MR) is 78.9 cm³/mol. The summed E-state index contributed by atoms with van der Waals surface area (Å²) < 4.78 is 0.752. The Bertz CT molecular complexity index is 639. The molecular weight excluding hydrogens is 330 g/mol. The number of anilines is 1. The van der Waals surface area contributed by atoms with E-state index in [-0.39, 0.29) is 11.7 Å². The van der Waals surface area contributed by atoms with Crippen LogP contribution in [0.25, 0.3) is 0 Å². The van der Waals surface area contributed by atoms with Gasteiger partial charge in [-0.05, 0) is 39.5 Å². The second-order valence-electron chi connectivity index (χ2n) is 3.62. The molecule has 0 fully saturated rings. The Balaban J connectivity index is 2.20. The smallest absolute Gasteiger partial charge is 0.266 e. The molecule has 98 valence electrons. The molecule has 1 heterocycles. The summed E-state index contributed by atoms with van der Waals surface area (Å²) in [6, 6.07) is 8.58. The molecule has 1 aromatic heterocycles. The van der Waals surface area contributed by atoms with Crippen LogP contribution in [0.15, 0.2) is 45.3 Å². The van der Waals surface area contributed by atoms with Crippen molar-refractivity contribution in [1.29, 1.82) is 0 Å². The molecule has 5 nitrogen and oxygen atoms in total. The fraction of sp³-hybridized carbons (Fsp3) is 0. The summed E-state index contributed by atoms with van der Waals surface area (Å²) in [4.78, 5) is 12.6. The van der Waals surface area contributed by atoms with Crippen molar-refractivity contribution in [2.75, 3.05) is 5.32 Å². The van der Waals surface area contributed by atoms with Crippen LogP contribution in [0.5, 0.6) is 0 Å². The molecule has 7 heteroatoms. The van der Waals surface area contributed by atoms with E-state index in [0.717, 1.165) is 4.47 Å². The Morgan fingerprint density at radius 3 is 2.84 bits per heavy atom. The molecule has 0 bridgehead atoms. The molecule has 0 saturated heterocycles. The molecule has 19 heavy (non-hydrogen) atoms. The maximum absolute atomic E-state index is 12.0. The lowest BCUT2D eigenvalue weighted by Crippen LogP contribution is -2.15. The molecule has 1 aromatic carbocycles. The molecule has 0 atom stereocenters. The summed E-state index contributed by atoms with van der Waals surface area (Å²) in [7, 11) is 0. The number of oxime groups is 1. The molecule has 0 aliphatic heterocycles. The minimum Gasteiger partial charge on any atom is -0.409 e. The number of rotatable bonds is 3. The van der Waals surface area contributed by atoms with Gasteiger partial charge in [0.05, 0.1) is 0 Å². The van der Waals surface area contributed by atoms with Crippen LogP contribution in [-0.4, -0.2) is 17.0 Å². The summed E-state index contributed by atoms with van der Waals surface area (Å²) in [6.07, 6.45) is 0. The highest BCUT2D eigenvalue weighted by atomic mass is 79.9. The molecule has 0 spiro atoms. The molecule has 2 rings (SSSR count). The van der Waals surface area contributed by atoms with E-state index in [4.69, 9.17) is 10.9 Å². The molecule has 0 radical (unpaired) electrons. The highest BCUT2D eigenvalue weighted by Crippen LogP contribution is 2.23. The van der Waals surface area contributed by atoms with Gasteiger partial charge in [-0.15, -0.1) is 11.3 Å². The maximum Gasteiger partial charge on any atom is 0.266 e. The van der Waals surface area contributed by atoms with Crippen LogP contribution in [0.2, 0.25) is 0 Å². The van der Waals surface area contributed by atoms with Gasteiger partial charge < -0.3 is 16.3 Å². The summed E-state index contributed by atoms with van der Waals surface area (Å²) in [6.45, 7) is 0. The number of amidine groups is 1. The van der Waals surface area contributed by atoms with Gasteiger partial charge in [0.25, 0.3) is 5.91 Å². The van der Waals surface area contributed by atoms with E-state index in [1.807, 2.05) is 11.4 Å². The highest BCUT2D eigenvalue weighted by Gasteiger charge is 2.12. The van der Waals surface area contributed by atoms with Crippen LogP contribution in [0.4, 0.5) is 5.69 Å². The van der Waals surface area contributed by atoms with Gasteiger partial charge in [-0.3, -0.25) is 4.79 Å². The molecule has 2 aromatic rings. The van der Waals surface area contributed by atoms with Gasteiger partial charge in [0.1, 0.15) is 4.88 Å². The van der Waals surface area contributed by atoms with Crippen LogP contribution in [-0.2, 0) is 0 Å². The third-order valence-corrected chi connectivity index (χ3v) is 4.18. The van der Waals surface area contributed by atoms with E-state index in [1.165, 1.54) is 11.3 Å². The Kier molecular flexibility index (Phi) is 4.18. The Labute approximate surface area is 121 Å². The zero-order valence-corrected chi connectivity index (χ0v) is 12.0. The van der Waals surface area contributed by atoms with Crippen molar-refractivity contribution >= 4 is 44.7 Å².